The van der Waals surface area contributed by atoms with Crippen LogP contribution in [0.2, 0.25) is 0 Å². The van der Waals surface area contributed by atoms with Crippen LogP contribution in [-0.4, -0.2) is 54.7 Å². The van der Waals surface area contributed by atoms with Crippen molar-refractivity contribution in [1.29, 1.82) is 0 Å². The van der Waals surface area contributed by atoms with E-state index in [9.17, 15) is 13.2 Å². The Labute approximate surface area is 128 Å². The molecule has 2 heterocycles. The van der Waals surface area contributed by atoms with Crippen LogP contribution in [0, 0.1) is 6.92 Å². The lowest BCUT2D eigenvalue weighted by Crippen LogP contribution is -2.49. The predicted octanol–water partition coefficient (Wildman–Crippen LogP) is 0.989. The first-order valence-corrected chi connectivity index (χ1v) is 8.45. The van der Waals surface area contributed by atoms with E-state index in [1.807, 2.05) is 0 Å². The Balaban J connectivity index is 1.87. The molecule has 8 heteroatoms. The van der Waals surface area contributed by atoms with Gasteiger partial charge in [-0.3, -0.25) is 4.79 Å². The van der Waals surface area contributed by atoms with Gasteiger partial charge in [0.05, 0.1) is 4.90 Å². The van der Waals surface area contributed by atoms with Crippen LogP contribution >= 0.6 is 0 Å². The molecule has 1 fully saturated rings. The van der Waals surface area contributed by atoms with Crippen LogP contribution in [-0.2, 0) is 14.8 Å². The van der Waals surface area contributed by atoms with Gasteiger partial charge in [-0.25, -0.2) is 13.4 Å². The number of hydrogen-bond donors (Lipinski definition) is 0. The monoisotopic (exact) mass is 323 g/mol. The highest BCUT2D eigenvalue weighted by atomic mass is 32.2. The van der Waals surface area contributed by atoms with E-state index >= 15 is 0 Å². The number of hydrogen-bond acceptors (Lipinski definition) is 5. The molecule has 1 aliphatic rings. The summed E-state index contributed by atoms with van der Waals surface area (Å²) in [7, 11) is -3.59. The summed E-state index contributed by atoms with van der Waals surface area (Å²) in [6, 6.07) is 4.68. The van der Waals surface area contributed by atoms with Crippen LogP contribution in [0.25, 0.3) is 11.1 Å². The first-order chi connectivity index (χ1) is 10.4. The molecule has 1 saturated heterocycles. The van der Waals surface area contributed by atoms with E-state index < -0.39 is 10.0 Å². The first kappa shape index (κ1) is 15.0. The van der Waals surface area contributed by atoms with Crippen LogP contribution in [0.4, 0.5) is 0 Å². The normalized spacial score (nSPS) is 17.1. The molecule has 1 aromatic heterocycles. The fourth-order valence-electron chi connectivity index (χ4n) is 2.57. The molecular weight excluding hydrogens is 306 g/mol. The van der Waals surface area contributed by atoms with Crippen molar-refractivity contribution in [3.63, 3.8) is 0 Å². The van der Waals surface area contributed by atoms with Gasteiger partial charge in [0.1, 0.15) is 5.52 Å². The summed E-state index contributed by atoms with van der Waals surface area (Å²) in [5, 5.41) is 0. The third kappa shape index (κ3) is 2.59. The van der Waals surface area contributed by atoms with Gasteiger partial charge in [0.2, 0.25) is 15.9 Å². The van der Waals surface area contributed by atoms with E-state index in [1.165, 1.54) is 23.4 Å². The molecule has 0 atom stereocenters. The van der Waals surface area contributed by atoms with Crippen molar-refractivity contribution >= 4 is 27.0 Å². The number of aryl methyl sites for hydroxylation is 1. The Hall–Kier alpha value is -1.93. The van der Waals surface area contributed by atoms with Gasteiger partial charge < -0.3 is 9.32 Å². The van der Waals surface area contributed by atoms with Gasteiger partial charge >= 0.3 is 0 Å². The molecule has 22 heavy (non-hydrogen) atoms. The van der Waals surface area contributed by atoms with Crippen LogP contribution in [0.1, 0.15) is 12.8 Å². The van der Waals surface area contributed by atoms with E-state index in [0.29, 0.717) is 43.2 Å². The van der Waals surface area contributed by atoms with Crippen molar-refractivity contribution in [3.05, 3.63) is 24.1 Å². The molecule has 0 unspecified atom stereocenters. The number of oxazole rings is 1. The zero-order chi connectivity index (χ0) is 15.9. The van der Waals surface area contributed by atoms with Crippen LogP contribution in [0.15, 0.2) is 27.5 Å². The molecule has 0 N–H and O–H groups in total. The zero-order valence-electron chi connectivity index (χ0n) is 12.4. The van der Waals surface area contributed by atoms with Crippen LogP contribution in [0.5, 0.6) is 0 Å². The summed E-state index contributed by atoms with van der Waals surface area (Å²) < 4.78 is 32.1. The van der Waals surface area contributed by atoms with Crippen molar-refractivity contribution in [2.45, 2.75) is 18.7 Å². The quantitative estimate of drug-likeness (QED) is 0.823. The summed E-state index contributed by atoms with van der Waals surface area (Å²) in [4.78, 5) is 17.3. The van der Waals surface area contributed by atoms with E-state index in [2.05, 4.69) is 4.98 Å². The van der Waals surface area contributed by atoms with Gasteiger partial charge in [-0.1, -0.05) is 0 Å². The second kappa shape index (κ2) is 5.36. The number of sulfonamides is 1. The van der Waals surface area contributed by atoms with Gasteiger partial charge in [0.25, 0.3) is 0 Å². The van der Waals surface area contributed by atoms with Crippen LogP contribution in [0.3, 0.4) is 0 Å². The molecule has 1 aromatic carbocycles. The average molecular weight is 323 g/mol. The van der Waals surface area contributed by atoms with Crippen molar-refractivity contribution < 1.29 is 17.6 Å². The summed E-state index contributed by atoms with van der Waals surface area (Å²) in [5.41, 5.74) is 1.10. The number of benzene rings is 1. The molecule has 0 spiro atoms. The summed E-state index contributed by atoms with van der Waals surface area (Å²) in [6.45, 7) is 4.64. The smallest absolute Gasteiger partial charge is 0.243 e. The summed E-state index contributed by atoms with van der Waals surface area (Å²) >= 11 is 0. The van der Waals surface area contributed by atoms with Crippen molar-refractivity contribution in [2.24, 2.45) is 0 Å². The number of amides is 1. The number of carbonyl (C=O) groups is 1. The van der Waals surface area contributed by atoms with Crippen molar-refractivity contribution in [1.82, 2.24) is 14.2 Å². The largest absolute Gasteiger partial charge is 0.441 e. The molecule has 118 valence electrons. The molecule has 1 amide bonds. The van der Waals surface area contributed by atoms with Gasteiger partial charge in [0, 0.05) is 46.1 Å². The molecule has 0 aliphatic carbocycles. The topological polar surface area (TPSA) is 83.7 Å². The molecule has 3 rings (SSSR count). The highest BCUT2D eigenvalue weighted by Crippen LogP contribution is 2.23. The van der Waals surface area contributed by atoms with E-state index in [4.69, 9.17) is 4.42 Å². The second-order valence-corrected chi connectivity index (χ2v) is 7.21. The molecule has 1 aliphatic heterocycles. The maximum absolute atomic E-state index is 12.7. The van der Waals surface area contributed by atoms with Crippen molar-refractivity contribution in [2.75, 3.05) is 26.2 Å². The molecule has 2 aromatic rings. The number of rotatable bonds is 2. The molecule has 0 saturated carbocycles. The van der Waals surface area contributed by atoms with Gasteiger partial charge in [0.15, 0.2) is 11.5 Å². The lowest BCUT2D eigenvalue weighted by Gasteiger charge is -2.33. The second-order valence-electron chi connectivity index (χ2n) is 5.27. The van der Waals surface area contributed by atoms with E-state index in [-0.39, 0.29) is 10.8 Å². The molecule has 0 radical (unpaired) electrons. The Bertz CT molecular complexity index is 820. The molecular formula is C14H17N3O4S. The van der Waals surface area contributed by atoms with Gasteiger partial charge in [-0.2, -0.15) is 4.31 Å². The maximum atomic E-state index is 12.7. The number of fused-ring (bicyclic) bond motifs is 1. The predicted molar refractivity (Wildman–Crippen MR) is 79.8 cm³/mol. The first-order valence-electron chi connectivity index (χ1n) is 7.01. The van der Waals surface area contributed by atoms with Crippen molar-refractivity contribution in [3.8, 4) is 0 Å². The number of piperazine rings is 1. The fourth-order valence-corrected chi connectivity index (χ4v) is 4.01. The third-order valence-electron chi connectivity index (χ3n) is 3.79. The van der Waals surface area contributed by atoms with Gasteiger partial charge in [-0.15, -0.1) is 0 Å². The zero-order valence-corrected chi connectivity index (χ0v) is 13.3. The number of carbonyl (C=O) groups excluding carboxylic acids is 1. The minimum atomic E-state index is -3.59. The average Bonchev–Trinajstić information content (AvgIpc) is 2.86. The highest BCUT2D eigenvalue weighted by molar-refractivity contribution is 7.89. The molecule has 7 nitrogen and oxygen atoms in total. The Morgan fingerprint density at radius 1 is 1.23 bits per heavy atom. The van der Waals surface area contributed by atoms with Gasteiger partial charge in [-0.05, 0) is 12.1 Å². The Kier molecular flexibility index (Phi) is 3.65. The Morgan fingerprint density at radius 3 is 2.55 bits per heavy atom. The standard InChI is InChI=1S/C14H17N3O4S/c1-10-15-13-4-3-12(9-14(13)21-10)22(19,20)17-7-5-16(6-8-17)11(2)18/h3-4,9H,5-8H2,1-2H3. The Morgan fingerprint density at radius 2 is 1.91 bits per heavy atom. The SMILES string of the molecule is CC(=O)N1CCN(S(=O)(=O)c2ccc3nc(C)oc3c2)CC1. The summed E-state index contributed by atoms with van der Waals surface area (Å²) in [5.74, 6) is 0.468. The fraction of sp³-hybridized carbons (Fsp3) is 0.429. The van der Waals surface area contributed by atoms with E-state index in [1.54, 1.807) is 17.9 Å². The minimum absolute atomic E-state index is 0.0318. The number of aromatic nitrogens is 1. The third-order valence-corrected chi connectivity index (χ3v) is 5.68. The number of nitrogens with zero attached hydrogens (tertiary/aromatic N) is 3. The van der Waals surface area contributed by atoms with E-state index in [0.717, 1.165) is 0 Å². The van der Waals surface area contributed by atoms with Crippen LogP contribution < -0.4 is 0 Å². The lowest BCUT2D eigenvalue weighted by atomic mass is 10.3. The maximum Gasteiger partial charge on any atom is 0.243 e. The molecule has 0 bridgehead atoms. The highest BCUT2D eigenvalue weighted by Gasteiger charge is 2.29. The lowest BCUT2D eigenvalue weighted by molar-refractivity contribution is -0.129. The minimum Gasteiger partial charge on any atom is -0.441 e. The summed E-state index contributed by atoms with van der Waals surface area (Å²) in [6.07, 6.45) is 0.